The summed E-state index contributed by atoms with van der Waals surface area (Å²) in [4.78, 5) is 11.7. The van der Waals surface area contributed by atoms with Crippen LogP contribution in [0.3, 0.4) is 0 Å². The fourth-order valence-corrected chi connectivity index (χ4v) is 1.20. The minimum atomic E-state index is -0.274. The highest BCUT2D eigenvalue weighted by Crippen LogP contribution is 2.23. The van der Waals surface area contributed by atoms with Crippen LogP contribution in [-0.2, 0) is 0 Å². The molecular weight excluding hydrogens is 296 g/mol. The van der Waals surface area contributed by atoms with Crippen molar-refractivity contribution in [1.29, 1.82) is 0 Å². The zero-order chi connectivity index (χ0) is 13.3. The molecule has 0 unspecified atom stereocenters. The minimum Gasteiger partial charge on any atom is -1.00 e. The first-order valence-electron chi connectivity index (χ1n) is 5.56. The van der Waals surface area contributed by atoms with Gasteiger partial charge >= 0.3 is 6.09 Å². The van der Waals surface area contributed by atoms with E-state index < -0.39 is 0 Å². The molecule has 1 rings (SSSR count). The van der Waals surface area contributed by atoms with Crippen LogP contribution in [0.1, 0.15) is 0 Å². The van der Waals surface area contributed by atoms with Crippen molar-refractivity contribution in [2.75, 3.05) is 42.3 Å². The van der Waals surface area contributed by atoms with Gasteiger partial charge in [0, 0.05) is 6.07 Å². The summed E-state index contributed by atoms with van der Waals surface area (Å²) in [6, 6.07) is 7.61. The van der Waals surface area contributed by atoms with Gasteiger partial charge in [0.25, 0.3) is 0 Å². The van der Waals surface area contributed by atoms with E-state index >= 15 is 0 Å². The van der Waals surface area contributed by atoms with Crippen molar-refractivity contribution in [2.24, 2.45) is 0 Å². The Morgan fingerprint density at radius 1 is 1.06 bits per heavy atom. The van der Waals surface area contributed by atoms with E-state index in [9.17, 15) is 4.79 Å². The molecule has 1 aromatic rings. The molecule has 0 aliphatic heterocycles. The molecule has 0 aliphatic carbocycles. The molecule has 18 heavy (non-hydrogen) atoms. The van der Waals surface area contributed by atoms with Crippen LogP contribution in [0.25, 0.3) is 0 Å². The number of hydrogen-bond acceptors (Lipinski definition) is 2. The van der Waals surface area contributed by atoms with Crippen LogP contribution in [0.2, 0.25) is 0 Å². The third kappa shape index (κ3) is 4.76. The van der Waals surface area contributed by atoms with Crippen LogP contribution >= 0.6 is 0 Å². The minimum absolute atomic E-state index is 0. The van der Waals surface area contributed by atoms with E-state index in [2.05, 4.69) is 21.1 Å². The van der Waals surface area contributed by atoms with Gasteiger partial charge in [-0.3, -0.25) is 4.48 Å². The van der Waals surface area contributed by atoms with Crippen molar-refractivity contribution in [3.63, 3.8) is 0 Å². The Kier molecular flexibility index (Phi) is 5.53. The normalized spacial score (nSPS) is 11.7. The molecular formula is C13H22BrN2O2+. The molecule has 0 saturated carbocycles. The van der Waals surface area contributed by atoms with Crippen molar-refractivity contribution >= 4 is 11.8 Å². The number of halogens is 1. The van der Waals surface area contributed by atoms with E-state index in [1.165, 1.54) is 0 Å². The predicted octanol–water partition coefficient (Wildman–Crippen LogP) is -0.908. The third-order valence-corrected chi connectivity index (χ3v) is 2.35. The standard InChI is InChI=1S/C13H22N2O2.BrH/c1-14(2,3)11-8-7-9-12(10-11)17-13(16)15(4,5)6;/h7-10H,1-6H3;1H/q+2;/p-1. The van der Waals surface area contributed by atoms with Crippen molar-refractivity contribution in [3.8, 4) is 5.75 Å². The van der Waals surface area contributed by atoms with Crippen molar-refractivity contribution < 1.29 is 31.0 Å². The number of benzene rings is 1. The molecule has 0 radical (unpaired) electrons. The summed E-state index contributed by atoms with van der Waals surface area (Å²) >= 11 is 0. The molecule has 102 valence electrons. The number of nitrogens with zero attached hydrogens (tertiary/aromatic N) is 2. The number of carbonyl (C=O) groups is 1. The Morgan fingerprint density at radius 3 is 2.06 bits per heavy atom. The molecule has 0 spiro atoms. The number of carbonyl (C=O) groups excluding carboxylic acids is 1. The monoisotopic (exact) mass is 317 g/mol. The molecule has 4 nitrogen and oxygen atoms in total. The van der Waals surface area contributed by atoms with Gasteiger partial charge < -0.3 is 21.7 Å². The molecule has 5 heteroatoms. The maximum absolute atomic E-state index is 11.7. The lowest BCUT2D eigenvalue weighted by atomic mass is 10.2. The summed E-state index contributed by atoms with van der Waals surface area (Å²) in [6.07, 6.45) is -0.274. The number of ether oxygens (including phenoxy) is 1. The van der Waals surface area contributed by atoms with E-state index in [1.807, 2.05) is 18.2 Å². The topological polar surface area (TPSA) is 26.3 Å². The first-order valence-corrected chi connectivity index (χ1v) is 5.56. The van der Waals surface area contributed by atoms with Crippen molar-refractivity contribution in [3.05, 3.63) is 24.3 Å². The Bertz CT molecular complexity index is 420. The number of hydrogen-bond donors (Lipinski definition) is 0. The van der Waals surface area contributed by atoms with E-state index in [0.29, 0.717) is 10.2 Å². The predicted molar refractivity (Wildman–Crippen MR) is 70.1 cm³/mol. The van der Waals surface area contributed by atoms with Crippen molar-refractivity contribution in [2.45, 2.75) is 0 Å². The Hall–Kier alpha value is -0.910. The number of rotatable bonds is 2. The summed E-state index contributed by atoms with van der Waals surface area (Å²) in [5.41, 5.74) is 1.09. The number of quaternary nitrogens is 2. The zero-order valence-corrected chi connectivity index (χ0v) is 13.5. The molecule has 0 fully saturated rings. The third-order valence-electron chi connectivity index (χ3n) is 2.35. The summed E-state index contributed by atoms with van der Waals surface area (Å²) in [7, 11) is 11.6. The highest BCUT2D eigenvalue weighted by molar-refractivity contribution is 5.64. The zero-order valence-electron chi connectivity index (χ0n) is 11.9. The van der Waals surface area contributed by atoms with E-state index in [0.717, 1.165) is 5.69 Å². The summed E-state index contributed by atoms with van der Waals surface area (Å²) in [5, 5.41) is 0. The molecule has 0 aliphatic rings. The van der Waals surface area contributed by atoms with Gasteiger partial charge in [0.15, 0.2) is 0 Å². The first-order chi connectivity index (χ1) is 7.60. The maximum Gasteiger partial charge on any atom is 0.520 e. The molecule has 0 heterocycles. The van der Waals surface area contributed by atoms with Crippen LogP contribution in [-0.4, -0.2) is 52.9 Å². The smallest absolute Gasteiger partial charge is 0.520 e. The lowest BCUT2D eigenvalue weighted by Crippen LogP contribution is -3.00. The molecule has 0 N–H and O–H groups in total. The maximum atomic E-state index is 11.7. The van der Waals surface area contributed by atoms with E-state index in [-0.39, 0.29) is 27.6 Å². The van der Waals surface area contributed by atoms with E-state index in [1.54, 1.807) is 27.2 Å². The van der Waals surface area contributed by atoms with Gasteiger partial charge in [-0.25, -0.2) is 4.48 Å². The largest absolute Gasteiger partial charge is 1.00 e. The highest BCUT2D eigenvalue weighted by Gasteiger charge is 2.24. The van der Waals surface area contributed by atoms with Gasteiger partial charge in [-0.15, -0.1) is 0 Å². The second-order valence-corrected chi connectivity index (χ2v) is 5.89. The SMILES string of the molecule is C[N+](C)(C)C(=O)Oc1cccc([N+](C)(C)C)c1.[Br-]. The molecule has 0 aromatic heterocycles. The lowest BCUT2D eigenvalue weighted by Gasteiger charge is -2.24. The van der Waals surface area contributed by atoms with Gasteiger partial charge in [0.05, 0.1) is 42.3 Å². The Balaban J connectivity index is 0.00000289. The average Bonchev–Trinajstić information content (AvgIpc) is 2.15. The fourth-order valence-electron chi connectivity index (χ4n) is 1.20. The fraction of sp³-hybridized carbons (Fsp3) is 0.462. The van der Waals surface area contributed by atoms with Gasteiger partial charge in [0.2, 0.25) is 0 Å². The van der Waals surface area contributed by atoms with Gasteiger partial charge in [0.1, 0.15) is 11.4 Å². The molecule has 0 bridgehead atoms. The second kappa shape index (κ2) is 5.82. The number of amides is 1. The van der Waals surface area contributed by atoms with Crippen LogP contribution in [0.4, 0.5) is 10.5 Å². The summed E-state index contributed by atoms with van der Waals surface area (Å²) < 4.78 is 6.18. The molecule has 0 atom stereocenters. The van der Waals surface area contributed by atoms with Crippen LogP contribution < -0.4 is 26.2 Å². The first kappa shape index (κ1) is 17.1. The quantitative estimate of drug-likeness (QED) is 0.660. The van der Waals surface area contributed by atoms with Crippen molar-refractivity contribution in [1.82, 2.24) is 4.48 Å². The van der Waals surface area contributed by atoms with Crippen LogP contribution in [0.5, 0.6) is 5.75 Å². The Labute approximate surface area is 120 Å². The van der Waals surface area contributed by atoms with Gasteiger partial charge in [-0.05, 0) is 12.1 Å². The lowest BCUT2D eigenvalue weighted by molar-refractivity contribution is -0.793. The Morgan fingerprint density at radius 2 is 1.61 bits per heavy atom. The van der Waals surface area contributed by atoms with Crippen LogP contribution in [0, 0.1) is 0 Å². The average molecular weight is 318 g/mol. The summed E-state index contributed by atoms with van der Waals surface area (Å²) in [6.45, 7) is 0. The molecule has 0 saturated heterocycles. The van der Waals surface area contributed by atoms with Gasteiger partial charge in [-0.1, -0.05) is 6.07 Å². The van der Waals surface area contributed by atoms with Gasteiger partial charge in [-0.2, -0.15) is 4.79 Å². The van der Waals surface area contributed by atoms with Crippen LogP contribution in [0.15, 0.2) is 24.3 Å². The summed E-state index contributed by atoms with van der Waals surface area (Å²) in [5.74, 6) is 0.591. The second-order valence-electron chi connectivity index (χ2n) is 5.89. The van der Waals surface area contributed by atoms with E-state index in [4.69, 9.17) is 4.74 Å². The molecule has 1 amide bonds. The highest BCUT2D eigenvalue weighted by atomic mass is 79.9. The molecule has 1 aromatic carbocycles.